The Bertz CT molecular complexity index is 695. The first-order valence-corrected chi connectivity index (χ1v) is 10.7. The van der Waals surface area contributed by atoms with Crippen LogP contribution < -0.4 is 4.74 Å². The molecular formula is C22H29F5O4. The standard InChI is InChI=1S/C22H29F5O4/c1-2-3-4-11-14-30-15(28)12-9-7-5-6-8-10-13-16(29)31-22-20(26)18(24)17(23)19(25)21(22)27/h2-14H2,1H3. The molecule has 0 saturated heterocycles. The third kappa shape index (κ3) is 9.65. The van der Waals surface area contributed by atoms with Gasteiger partial charge in [-0.05, 0) is 19.3 Å². The van der Waals surface area contributed by atoms with Crippen LogP contribution in [0.15, 0.2) is 0 Å². The Balaban J connectivity index is 2.14. The minimum Gasteiger partial charge on any atom is -0.466 e. The number of rotatable bonds is 15. The van der Waals surface area contributed by atoms with Crippen LogP contribution in [0.1, 0.15) is 84.0 Å². The highest BCUT2D eigenvalue weighted by Gasteiger charge is 2.28. The molecule has 0 aromatic heterocycles. The molecule has 0 unspecified atom stereocenters. The van der Waals surface area contributed by atoms with Crippen molar-refractivity contribution in [1.82, 2.24) is 0 Å². The van der Waals surface area contributed by atoms with Crippen molar-refractivity contribution < 1.29 is 41.0 Å². The summed E-state index contributed by atoms with van der Waals surface area (Å²) in [6.45, 7) is 2.57. The van der Waals surface area contributed by atoms with E-state index in [-0.39, 0.29) is 12.4 Å². The number of carbonyl (C=O) groups is 2. The second kappa shape index (κ2) is 14.8. The van der Waals surface area contributed by atoms with Gasteiger partial charge in [-0.2, -0.15) is 8.78 Å². The molecule has 9 heteroatoms. The summed E-state index contributed by atoms with van der Waals surface area (Å²) >= 11 is 0. The summed E-state index contributed by atoms with van der Waals surface area (Å²) in [5.41, 5.74) is 0. The van der Waals surface area contributed by atoms with Gasteiger partial charge in [0.15, 0.2) is 0 Å². The fourth-order valence-electron chi connectivity index (χ4n) is 2.87. The van der Waals surface area contributed by atoms with Crippen molar-refractivity contribution in [3.8, 4) is 5.75 Å². The zero-order valence-corrected chi connectivity index (χ0v) is 17.7. The summed E-state index contributed by atoms with van der Waals surface area (Å²) in [4.78, 5) is 23.2. The average Bonchev–Trinajstić information content (AvgIpc) is 2.75. The van der Waals surface area contributed by atoms with Crippen LogP contribution in [0.25, 0.3) is 0 Å². The van der Waals surface area contributed by atoms with Crippen LogP contribution in [0, 0.1) is 29.1 Å². The van der Waals surface area contributed by atoms with E-state index in [1.165, 1.54) is 0 Å². The van der Waals surface area contributed by atoms with E-state index < -0.39 is 40.8 Å². The predicted molar refractivity (Wildman–Crippen MR) is 104 cm³/mol. The van der Waals surface area contributed by atoms with E-state index in [4.69, 9.17) is 4.74 Å². The van der Waals surface area contributed by atoms with E-state index in [1.54, 1.807) is 0 Å². The largest absolute Gasteiger partial charge is 0.466 e. The first-order chi connectivity index (χ1) is 14.8. The lowest BCUT2D eigenvalue weighted by molar-refractivity contribution is -0.144. The van der Waals surface area contributed by atoms with Gasteiger partial charge in [0.2, 0.25) is 34.8 Å². The summed E-state index contributed by atoms with van der Waals surface area (Å²) < 4.78 is 75.5. The van der Waals surface area contributed by atoms with Crippen LogP contribution >= 0.6 is 0 Å². The van der Waals surface area contributed by atoms with E-state index in [2.05, 4.69) is 11.7 Å². The molecule has 0 bridgehead atoms. The van der Waals surface area contributed by atoms with E-state index in [0.717, 1.165) is 44.9 Å². The van der Waals surface area contributed by atoms with E-state index >= 15 is 0 Å². The van der Waals surface area contributed by atoms with Crippen molar-refractivity contribution in [3.63, 3.8) is 0 Å². The zero-order chi connectivity index (χ0) is 23.2. The summed E-state index contributed by atoms with van der Waals surface area (Å²) in [6.07, 6.45) is 8.42. The molecule has 0 heterocycles. The molecule has 0 saturated carbocycles. The number of hydrogen-bond donors (Lipinski definition) is 0. The van der Waals surface area contributed by atoms with Crippen molar-refractivity contribution in [2.45, 2.75) is 84.0 Å². The predicted octanol–water partition coefficient (Wildman–Crippen LogP) is 6.53. The van der Waals surface area contributed by atoms with Gasteiger partial charge in [0, 0.05) is 12.8 Å². The fraction of sp³-hybridized carbons (Fsp3) is 0.636. The lowest BCUT2D eigenvalue weighted by Gasteiger charge is -2.08. The van der Waals surface area contributed by atoms with Crippen LogP contribution in [0.5, 0.6) is 5.75 Å². The highest BCUT2D eigenvalue weighted by atomic mass is 19.2. The number of carbonyl (C=O) groups excluding carboxylic acids is 2. The molecule has 0 amide bonds. The minimum absolute atomic E-state index is 0.202. The number of esters is 2. The van der Waals surface area contributed by atoms with Crippen molar-refractivity contribution in [2.24, 2.45) is 0 Å². The van der Waals surface area contributed by atoms with Gasteiger partial charge in [0.1, 0.15) is 0 Å². The van der Waals surface area contributed by atoms with Crippen molar-refractivity contribution in [1.29, 1.82) is 0 Å². The topological polar surface area (TPSA) is 52.6 Å². The van der Waals surface area contributed by atoms with Crippen LogP contribution in [0.3, 0.4) is 0 Å². The maximum Gasteiger partial charge on any atom is 0.311 e. The first-order valence-electron chi connectivity index (χ1n) is 10.7. The van der Waals surface area contributed by atoms with Crippen LogP contribution in [0.4, 0.5) is 22.0 Å². The smallest absolute Gasteiger partial charge is 0.311 e. The second-order valence-electron chi connectivity index (χ2n) is 7.28. The Morgan fingerprint density at radius 2 is 1.06 bits per heavy atom. The summed E-state index contributed by atoms with van der Waals surface area (Å²) in [5.74, 6) is -13.9. The summed E-state index contributed by atoms with van der Waals surface area (Å²) in [6, 6.07) is 0. The van der Waals surface area contributed by atoms with Crippen LogP contribution in [-0.4, -0.2) is 18.5 Å². The molecule has 0 atom stereocenters. The van der Waals surface area contributed by atoms with Crippen molar-refractivity contribution in [3.05, 3.63) is 29.1 Å². The molecule has 0 aliphatic carbocycles. The fourth-order valence-corrected chi connectivity index (χ4v) is 2.87. The Labute approximate surface area is 179 Å². The van der Waals surface area contributed by atoms with Crippen LogP contribution in [-0.2, 0) is 14.3 Å². The van der Waals surface area contributed by atoms with Crippen LogP contribution in [0.2, 0.25) is 0 Å². The molecule has 1 aromatic rings. The lowest BCUT2D eigenvalue weighted by Crippen LogP contribution is -2.13. The molecule has 1 rings (SSSR count). The monoisotopic (exact) mass is 452 g/mol. The number of ether oxygens (including phenoxy) is 2. The van der Waals surface area contributed by atoms with E-state index in [0.29, 0.717) is 32.3 Å². The molecule has 0 spiro atoms. The molecule has 0 N–H and O–H groups in total. The van der Waals surface area contributed by atoms with Gasteiger partial charge < -0.3 is 9.47 Å². The minimum atomic E-state index is -2.31. The number of halogens is 5. The van der Waals surface area contributed by atoms with E-state index in [1.807, 2.05) is 0 Å². The second-order valence-corrected chi connectivity index (χ2v) is 7.28. The molecular weight excluding hydrogens is 423 g/mol. The van der Waals surface area contributed by atoms with Gasteiger partial charge in [-0.1, -0.05) is 51.9 Å². The third-order valence-electron chi connectivity index (χ3n) is 4.66. The van der Waals surface area contributed by atoms with Gasteiger partial charge >= 0.3 is 11.9 Å². The molecule has 0 aliphatic heterocycles. The number of hydrogen-bond acceptors (Lipinski definition) is 4. The molecule has 0 aliphatic rings. The van der Waals surface area contributed by atoms with Gasteiger partial charge in [-0.3, -0.25) is 9.59 Å². The van der Waals surface area contributed by atoms with Gasteiger partial charge in [0.25, 0.3) is 0 Å². The van der Waals surface area contributed by atoms with Gasteiger partial charge in [-0.15, -0.1) is 0 Å². The van der Waals surface area contributed by atoms with Crippen molar-refractivity contribution in [2.75, 3.05) is 6.61 Å². The maximum atomic E-state index is 13.5. The first kappa shape index (κ1) is 26.8. The quantitative estimate of drug-likeness (QED) is 0.0758. The number of unbranched alkanes of at least 4 members (excludes halogenated alkanes) is 8. The molecule has 0 radical (unpaired) electrons. The average molecular weight is 452 g/mol. The van der Waals surface area contributed by atoms with Gasteiger partial charge in [-0.25, -0.2) is 13.2 Å². The zero-order valence-electron chi connectivity index (χ0n) is 17.7. The summed E-state index contributed by atoms with van der Waals surface area (Å²) in [7, 11) is 0. The normalized spacial score (nSPS) is 10.9. The van der Waals surface area contributed by atoms with Crippen molar-refractivity contribution >= 4 is 11.9 Å². The Hall–Kier alpha value is -2.19. The molecule has 4 nitrogen and oxygen atoms in total. The Kier molecular flexibility index (Phi) is 12.8. The number of benzene rings is 1. The highest BCUT2D eigenvalue weighted by Crippen LogP contribution is 2.29. The summed E-state index contributed by atoms with van der Waals surface area (Å²) in [5, 5.41) is 0. The maximum absolute atomic E-state index is 13.5. The van der Waals surface area contributed by atoms with Gasteiger partial charge in [0.05, 0.1) is 6.61 Å². The highest BCUT2D eigenvalue weighted by molar-refractivity contribution is 5.72. The molecule has 31 heavy (non-hydrogen) atoms. The molecule has 1 aromatic carbocycles. The third-order valence-corrected chi connectivity index (χ3v) is 4.66. The SMILES string of the molecule is CCCCCCOC(=O)CCCCCCCCC(=O)Oc1c(F)c(F)c(F)c(F)c1F. The van der Waals surface area contributed by atoms with E-state index in [9.17, 15) is 31.5 Å². The molecule has 0 fully saturated rings. The lowest BCUT2D eigenvalue weighted by atomic mass is 10.1. The Morgan fingerprint density at radius 1 is 0.613 bits per heavy atom. The molecule has 176 valence electrons. The Morgan fingerprint density at radius 3 is 1.61 bits per heavy atom.